The van der Waals surface area contributed by atoms with Gasteiger partial charge in [-0.15, -0.1) is 0 Å². The molecule has 0 amide bonds. The Morgan fingerprint density at radius 3 is 2.30 bits per heavy atom. The number of para-hydroxylation sites is 3. The lowest BCUT2D eigenvalue weighted by Gasteiger charge is -2.06. The molecule has 2 aromatic carbocycles. The van der Waals surface area contributed by atoms with Crippen LogP contribution in [0, 0.1) is 4.77 Å². The van der Waals surface area contributed by atoms with Crippen molar-refractivity contribution < 1.29 is 4.74 Å². The highest BCUT2D eigenvalue weighted by molar-refractivity contribution is 7.71. The van der Waals surface area contributed by atoms with Crippen LogP contribution in [0.5, 0.6) is 5.75 Å². The van der Waals surface area contributed by atoms with Gasteiger partial charge in [-0.3, -0.25) is 0 Å². The molecule has 0 bridgehead atoms. The van der Waals surface area contributed by atoms with Crippen LogP contribution >= 0.6 is 12.2 Å². The first-order valence-electron chi connectivity index (χ1n) is 6.05. The predicted molar refractivity (Wildman–Crippen MR) is 78.1 cm³/mol. The topological polar surface area (TPSA) is 44.9 Å². The zero-order valence-corrected chi connectivity index (χ0v) is 11.6. The predicted octanol–water partition coefficient (Wildman–Crippen LogP) is 2.80. The Kier molecular flexibility index (Phi) is 3.30. The van der Waals surface area contributed by atoms with E-state index in [4.69, 9.17) is 17.0 Å². The van der Waals surface area contributed by atoms with Gasteiger partial charge in [-0.05, 0) is 46.9 Å². The number of ether oxygens (including phenoxy) is 1. The van der Waals surface area contributed by atoms with Gasteiger partial charge in [-0.2, -0.15) is 9.36 Å². The average Bonchev–Trinajstić information content (AvgIpc) is 2.89. The van der Waals surface area contributed by atoms with E-state index in [1.807, 2.05) is 54.6 Å². The number of rotatable bonds is 3. The number of hydrogen-bond acceptors (Lipinski definition) is 4. The lowest BCUT2D eigenvalue weighted by molar-refractivity contribution is 0.411. The summed E-state index contributed by atoms with van der Waals surface area (Å²) in [5.74, 6) is 0.698. The van der Waals surface area contributed by atoms with E-state index in [2.05, 4.69) is 10.4 Å². The van der Waals surface area contributed by atoms with Crippen LogP contribution in [0.1, 0.15) is 0 Å². The van der Waals surface area contributed by atoms with Crippen molar-refractivity contribution in [1.29, 1.82) is 0 Å². The van der Waals surface area contributed by atoms with Crippen LogP contribution in [-0.2, 0) is 0 Å². The SMILES string of the molecule is COc1ccccc1-n1nnn(-c2ccccc2)c1=S. The van der Waals surface area contributed by atoms with Gasteiger partial charge >= 0.3 is 0 Å². The molecule has 0 spiro atoms. The van der Waals surface area contributed by atoms with Gasteiger partial charge in [0, 0.05) is 0 Å². The molecule has 0 atom stereocenters. The summed E-state index contributed by atoms with van der Waals surface area (Å²) in [6, 6.07) is 17.2. The van der Waals surface area contributed by atoms with Crippen LogP contribution in [0.4, 0.5) is 0 Å². The minimum atomic E-state index is 0.487. The van der Waals surface area contributed by atoms with E-state index >= 15 is 0 Å². The van der Waals surface area contributed by atoms with Crippen molar-refractivity contribution in [3.63, 3.8) is 0 Å². The zero-order valence-electron chi connectivity index (χ0n) is 10.8. The molecule has 5 nitrogen and oxygen atoms in total. The Hall–Kier alpha value is -2.47. The van der Waals surface area contributed by atoms with Crippen molar-refractivity contribution in [1.82, 2.24) is 19.8 Å². The maximum atomic E-state index is 5.44. The van der Waals surface area contributed by atoms with E-state index in [9.17, 15) is 0 Å². The largest absolute Gasteiger partial charge is 0.494 e. The second kappa shape index (κ2) is 5.26. The maximum Gasteiger partial charge on any atom is 0.225 e. The molecule has 20 heavy (non-hydrogen) atoms. The van der Waals surface area contributed by atoms with Gasteiger partial charge in [0.25, 0.3) is 0 Å². The van der Waals surface area contributed by atoms with Gasteiger partial charge in [0.05, 0.1) is 12.8 Å². The highest BCUT2D eigenvalue weighted by Gasteiger charge is 2.10. The van der Waals surface area contributed by atoms with E-state index < -0.39 is 0 Å². The van der Waals surface area contributed by atoms with Gasteiger partial charge in [-0.25, -0.2) is 0 Å². The Bertz CT molecular complexity index is 779. The monoisotopic (exact) mass is 284 g/mol. The Balaban J connectivity index is 2.14. The smallest absolute Gasteiger partial charge is 0.225 e. The summed E-state index contributed by atoms with van der Waals surface area (Å²) in [5.41, 5.74) is 1.64. The molecule has 0 aliphatic heterocycles. The molecule has 100 valence electrons. The molecule has 6 heteroatoms. The van der Waals surface area contributed by atoms with Gasteiger partial charge in [0.15, 0.2) is 0 Å². The summed E-state index contributed by atoms with van der Waals surface area (Å²) >= 11 is 5.44. The zero-order chi connectivity index (χ0) is 13.9. The molecule has 0 saturated carbocycles. The van der Waals surface area contributed by atoms with Crippen LogP contribution in [0.3, 0.4) is 0 Å². The molecule has 0 aliphatic rings. The third kappa shape index (κ3) is 2.10. The fourth-order valence-electron chi connectivity index (χ4n) is 1.93. The highest BCUT2D eigenvalue weighted by Crippen LogP contribution is 2.21. The second-order valence-electron chi connectivity index (χ2n) is 4.09. The third-order valence-corrected chi connectivity index (χ3v) is 3.24. The number of benzene rings is 2. The second-order valence-corrected chi connectivity index (χ2v) is 4.46. The Morgan fingerprint density at radius 2 is 1.55 bits per heavy atom. The fraction of sp³-hybridized carbons (Fsp3) is 0.0714. The molecule has 0 aliphatic carbocycles. The van der Waals surface area contributed by atoms with Gasteiger partial charge in [-0.1, -0.05) is 30.3 Å². The van der Waals surface area contributed by atoms with Gasteiger partial charge in [0.1, 0.15) is 11.4 Å². The molecular weight excluding hydrogens is 272 g/mol. The third-order valence-electron chi connectivity index (χ3n) is 2.90. The van der Waals surface area contributed by atoms with E-state index in [0.717, 1.165) is 11.4 Å². The quantitative estimate of drug-likeness (QED) is 0.694. The van der Waals surface area contributed by atoms with Crippen LogP contribution in [-0.4, -0.2) is 26.9 Å². The average molecular weight is 284 g/mol. The first-order chi connectivity index (χ1) is 9.81. The lowest BCUT2D eigenvalue weighted by Crippen LogP contribution is -2.01. The number of tetrazole rings is 1. The molecule has 0 saturated heterocycles. The normalized spacial score (nSPS) is 10.4. The Morgan fingerprint density at radius 1 is 0.900 bits per heavy atom. The summed E-state index contributed by atoms with van der Waals surface area (Å²) in [5, 5.41) is 8.22. The number of aromatic nitrogens is 4. The van der Waals surface area contributed by atoms with E-state index in [1.54, 1.807) is 16.5 Å². The summed E-state index contributed by atoms with van der Waals surface area (Å²) in [4.78, 5) is 0. The van der Waals surface area contributed by atoms with Crippen LogP contribution < -0.4 is 4.74 Å². The molecule has 3 rings (SSSR count). The number of nitrogens with zero attached hydrogens (tertiary/aromatic N) is 4. The van der Waals surface area contributed by atoms with Crippen molar-refractivity contribution >= 4 is 12.2 Å². The van der Waals surface area contributed by atoms with E-state index in [1.165, 1.54) is 0 Å². The van der Waals surface area contributed by atoms with Gasteiger partial charge < -0.3 is 4.74 Å². The van der Waals surface area contributed by atoms with Crippen LogP contribution in [0.25, 0.3) is 11.4 Å². The highest BCUT2D eigenvalue weighted by atomic mass is 32.1. The molecule has 1 aromatic heterocycles. The first-order valence-corrected chi connectivity index (χ1v) is 6.46. The molecule has 3 aromatic rings. The van der Waals surface area contributed by atoms with E-state index in [-0.39, 0.29) is 0 Å². The van der Waals surface area contributed by atoms with E-state index in [0.29, 0.717) is 10.5 Å². The fourth-order valence-corrected chi connectivity index (χ4v) is 2.21. The van der Waals surface area contributed by atoms with Gasteiger partial charge in [0.2, 0.25) is 4.77 Å². The standard InChI is InChI=1S/C14H12N4OS/c1-19-13-10-6-5-9-12(13)18-14(20)17(15-16-18)11-7-3-2-4-8-11/h2-10H,1H3. The van der Waals surface area contributed by atoms with Crippen molar-refractivity contribution in [2.75, 3.05) is 7.11 Å². The first kappa shape index (κ1) is 12.6. The van der Waals surface area contributed by atoms with Crippen molar-refractivity contribution in [2.45, 2.75) is 0 Å². The molecule has 0 fully saturated rings. The molecule has 0 N–H and O–H groups in total. The summed E-state index contributed by atoms with van der Waals surface area (Å²) in [6.07, 6.45) is 0. The van der Waals surface area contributed by atoms with Crippen molar-refractivity contribution in [2.24, 2.45) is 0 Å². The molecule has 1 heterocycles. The molecular formula is C14H12N4OS. The number of methoxy groups -OCH3 is 1. The summed E-state index contributed by atoms with van der Waals surface area (Å²) < 4.78 is 9.01. The minimum absolute atomic E-state index is 0.487. The van der Waals surface area contributed by atoms with Crippen LogP contribution in [0.15, 0.2) is 54.6 Å². The Labute approximate surface area is 121 Å². The molecule has 0 radical (unpaired) electrons. The summed E-state index contributed by atoms with van der Waals surface area (Å²) in [6.45, 7) is 0. The summed E-state index contributed by atoms with van der Waals surface area (Å²) in [7, 11) is 1.62. The molecule has 0 unspecified atom stereocenters. The van der Waals surface area contributed by atoms with Crippen molar-refractivity contribution in [3.05, 3.63) is 59.4 Å². The maximum absolute atomic E-state index is 5.44. The van der Waals surface area contributed by atoms with Crippen molar-refractivity contribution in [3.8, 4) is 17.1 Å². The number of hydrogen-bond donors (Lipinski definition) is 0. The lowest BCUT2D eigenvalue weighted by atomic mass is 10.3. The van der Waals surface area contributed by atoms with Crippen LogP contribution in [0.2, 0.25) is 0 Å². The minimum Gasteiger partial charge on any atom is -0.494 e.